The Hall–Kier alpha value is -1.94. The van der Waals surface area contributed by atoms with Crippen LogP contribution in [-0.4, -0.2) is 35.2 Å². The van der Waals surface area contributed by atoms with Crippen molar-refractivity contribution < 1.29 is 23.1 Å². The van der Waals surface area contributed by atoms with Crippen LogP contribution in [0.1, 0.15) is 51.9 Å². The molecule has 0 bridgehead atoms. The number of alkyl halides is 3. The zero-order valence-electron chi connectivity index (χ0n) is 15.6. The number of likely N-dealkylation sites (tertiary alicyclic amines) is 1. The van der Waals surface area contributed by atoms with Gasteiger partial charge in [-0.05, 0) is 80.6 Å². The molecule has 2 aliphatic carbocycles. The van der Waals surface area contributed by atoms with E-state index in [1.165, 1.54) is 6.08 Å². The summed E-state index contributed by atoms with van der Waals surface area (Å²) >= 11 is 0. The van der Waals surface area contributed by atoms with E-state index in [0.717, 1.165) is 57.7 Å². The van der Waals surface area contributed by atoms with Crippen LogP contribution < -0.4 is 0 Å². The number of carboxylic acids is 1. The summed E-state index contributed by atoms with van der Waals surface area (Å²) in [4.78, 5) is 12.9. The van der Waals surface area contributed by atoms with E-state index >= 15 is 0 Å². The summed E-state index contributed by atoms with van der Waals surface area (Å²) < 4.78 is 39.5. The van der Waals surface area contributed by atoms with Crippen LogP contribution in [0.5, 0.6) is 0 Å². The van der Waals surface area contributed by atoms with E-state index in [1.807, 2.05) is 4.90 Å². The molecule has 1 aliphatic heterocycles. The summed E-state index contributed by atoms with van der Waals surface area (Å²) in [5, 5.41) is 8.96. The highest BCUT2D eigenvalue weighted by Crippen LogP contribution is 2.47. The van der Waals surface area contributed by atoms with Gasteiger partial charge in [0.1, 0.15) is 0 Å². The van der Waals surface area contributed by atoms with E-state index in [1.54, 1.807) is 13.0 Å². The molecule has 1 heterocycles. The quantitative estimate of drug-likeness (QED) is 0.681. The molecule has 1 saturated carbocycles. The van der Waals surface area contributed by atoms with E-state index in [2.05, 4.69) is 5.73 Å². The lowest BCUT2D eigenvalue weighted by atomic mass is 9.65. The second kappa shape index (κ2) is 7.59. The minimum atomic E-state index is -4.38. The molecule has 0 aromatic carbocycles. The van der Waals surface area contributed by atoms with Crippen LogP contribution in [0.3, 0.4) is 0 Å². The Bertz CT molecular complexity index is 708. The standard InChI is InChI=1S/C21H26F3NO2/c1-15-2-3-17(21(22,23)24)14-18(12-15)25-10-8-20(9-11-25)6-4-16(5-7-20)13-19(26)27/h3,12,14,16H,4-11,13H2,1H3,(H,26,27). The van der Waals surface area contributed by atoms with Crippen LogP contribution in [0, 0.1) is 11.3 Å². The molecule has 3 nitrogen and oxygen atoms in total. The van der Waals surface area contributed by atoms with Crippen molar-refractivity contribution in [2.24, 2.45) is 11.3 Å². The summed E-state index contributed by atoms with van der Waals surface area (Å²) in [7, 11) is 0. The van der Waals surface area contributed by atoms with Gasteiger partial charge in [-0.25, -0.2) is 0 Å². The molecule has 0 amide bonds. The van der Waals surface area contributed by atoms with Crippen LogP contribution in [0.4, 0.5) is 13.2 Å². The number of nitrogens with zero attached hydrogens (tertiary/aromatic N) is 1. The number of allylic oxidation sites excluding steroid dienone is 4. The topological polar surface area (TPSA) is 40.5 Å². The summed E-state index contributed by atoms with van der Waals surface area (Å²) in [5.74, 6) is -0.456. The molecule has 3 rings (SSSR count). The monoisotopic (exact) mass is 381 g/mol. The van der Waals surface area contributed by atoms with Crippen molar-refractivity contribution in [1.82, 2.24) is 4.90 Å². The summed E-state index contributed by atoms with van der Waals surface area (Å²) in [6.07, 6.45) is 5.75. The third-order valence-corrected chi connectivity index (χ3v) is 6.27. The zero-order chi connectivity index (χ0) is 19.7. The average molecular weight is 381 g/mol. The maximum Gasteiger partial charge on any atom is 0.417 e. The van der Waals surface area contributed by atoms with E-state index < -0.39 is 17.7 Å². The molecule has 0 aromatic heterocycles. The van der Waals surface area contributed by atoms with Gasteiger partial charge in [-0.1, -0.05) is 0 Å². The Morgan fingerprint density at radius 1 is 1.22 bits per heavy atom. The lowest BCUT2D eigenvalue weighted by Gasteiger charge is -2.46. The van der Waals surface area contributed by atoms with Gasteiger partial charge in [0.15, 0.2) is 0 Å². The molecule has 1 saturated heterocycles. The Labute approximate surface area is 157 Å². The number of aliphatic carboxylic acids is 1. The first kappa shape index (κ1) is 19.8. The second-order valence-electron chi connectivity index (χ2n) is 8.17. The molecular weight excluding hydrogens is 355 g/mol. The van der Waals surface area contributed by atoms with Crippen molar-refractivity contribution in [3.63, 3.8) is 0 Å². The smallest absolute Gasteiger partial charge is 0.417 e. The maximum absolute atomic E-state index is 13.2. The second-order valence-corrected chi connectivity index (χ2v) is 8.17. The predicted octanol–water partition coefficient (Wildman–Crippen LogP) is 5.22. The van der Waals surface area contributed by atoms with Crippen LogP contribution in [-0.2, 0) is 4.79 Å². The number of hydrogen-bond acceptors (Lipinski definition) is 2. The first-order valence-corrected chi connectivity index (χ1v) is 9.58. The normalized spacial score (nSPS) is 23.6. The van der Waals surface area contributed by atoms with Crippen LogP contribution >= 0.6 is 0 Å². The number of carbonyl (C=O) groups is 1. The summed E-state index contributed by atoms with van der Waals surface area (Å²) in [6.45, 7) is 3.24. The highest BCUT2D eigenvalue weighted by Gasteiger charge is 2.39. The lowest BCUT2D eigenvalue weighted by molar-refractivity contribution is -0.138. The molecule has 2 fully saturated rings. The highest BCUT2D eigenvalue weighted by atomic mass is 19.4. The van der Waals surface area contributed by atoms with Gasteiger partial charge in [0.05, 0.1) is 5.57 Å². The van der Waals surface area contributed by atoms with Crippen molar-refractivity contribution in [3.8, 4) is 0 Å². The van der Waals surface area contributed by atoms with Crippen molar-refractivity contribution >= 4 is 5.97 Å². The van der Waals surface area contributed by atoms with Crippen molar-refractivity contribution in [3.05, 3.63) is 40.8 Å². The molecule has 0 aromatic rings. The largest absolute Gasteiger partial charge is 0.481 e. The van der Waals surface area contributed by atoms with Crippen LogP contribution in [0.25, 0.3) is 0 Å². The highest BCUT2D eigenvalue weighted by molar-refractivity contribution is 5.67. The average Bonchev–Trinajstić information content (AvgIpc) is 2.79. The molecular formula is C21H26F3NO2. The fraction of sp³-hybridized carbons (Fsp3) is 0.619. The van der Waals surface area contributed by atoms with Gasteiger partial charge < -0.3 is 10.0 Å². The Kier molecular flexibility index (Phi) is 5.57. The first-order valence-electron chi connectivity index (χ1n) is 9.58. The van der Waals surface area contributed by atoms with Gasteiger partial charge in [-0.3, -0.25) is 4.79 Å². The van der Waals surface area contributed by atoms with Gasteiger partial charge in [-0.2, -0.15) is 13.2 Å². The van der Waals surface area contributed by atoms with E-state index in [9.17, 15) is 18.0 Å². The number of carboxylic acid groups (broad SMARTS) is 1. The molecule has 1 spiro atoms. The Morgan fingerprint density at radius 2 is 1.85 bits per heavy atom. The number of halogens is 3. The van der Waals surface area contributed by atoms with Gasteiger partial charge >= 0.3 is 12.1 Å². The van der Waals surface area contributed by atoms with Gasteiger partial charge in [0.25, 0.3) is 0 Å². The predicted molar refractivity (Wildman–Crippen MR) is 96.9 cm³/mol. The van der Waals surface area contributed by atoms with E-state index in [0.29, 0.717) is 11.3 Å². The molecule has 0 radical (unpaired) electrons. The summed E-state index contributed by atoms with van der Waals surface area (Å²) in [6, 6.07) is 0. The molecule has 148 valence electrons. The Morgan fingerprint density at radius 3 is 2.41 bits per heavy atom. The molecule has 27 heavy (non-hydrogen) atoms. The molecule has 3 aliphatic rings. The minimum absolute atomic E-state index is 0.233. The van der Waals surface area contributed by atoms with Crippen molar-refractivity contribution in [2.45, 2.75) is 58.0 Å². The molecule has 0 unspecified atom stereocenters. The number of hydrogen-bond donors (Lipinski definition) is 1. The minimum Gasteiger partial charge on any atom is -0.481 e. The Balaban J connectivity index is 1.64. The van der Waals surface area contributed by atoms with E-state index in [4.69, 9.17) is 5.11 Å². The van der Waals surface area contributed by atoms with Crippen molar-refractivity contribution in [1.29, 1.82) is 0 Å². The molecule has 6 heteroatoms. The van der Waals surface area contributed by atoms with Gasteiger partial charge in [0.2, 0.25) is 0 Å². The van der Waals surface area contributed by atoms with Crippen LogP contribution in [0.2, 0.25) is 0 Å². The fourth-order valence-corrected chi connectivity index (χ4v) is 4.52. The fourth-order valence-electron chi connectivity index (χ4n) is 4.52. The third-order valence-electron chi connectivity index (χ3n) is 6.27. The molecule has 1 N–H and O–H groups in total. The third kappa shape index (κ3) is 4.86. The lowest BCUT2D eigenvalue weighted by Crippen LogP contribution is -2.41. The summed E-state index contributed by atoms with van der Waals surface area (Å²) in [5.41, 5.74) is 3.56. The van der Waals surface area contributed by atoms with Gasteiger partial charge in [0, 0.05) is 25.2 Å². The molecule has 0 atom stereocenters. The number of rotatable bonds is 3. The zero-order valence-corrected chi connectivity index (χ0v) is 15.6. The van der Waals surface area contributed by atoms with Gasteiger partial charge in [-0.15, -0.1) is 5.73 Å². The first-order chi connectivity index (χ1) is 12.7. The SMILES string of the molecule is CC1=C=CC(C(F)(F)F)=CC(N2CCC3(CCC(CC(=O)O)CC3)CC2)=C1. The number of piperidine rings is 1. The van der Waals surface area contributed by atoms with E-state index in [-0.39, 0.29) is 17.8 Å². The van der Waals surface area contributed by atoms with Crippen LogP contribution in [0.15, 0.2) is 40.8 Å². The van der Waals surface area contributed by atoms with Crippen molar-refractivity contribution in [2.75, 3.05) is 13.1 Å². The maximum atomic E-state index is 13.2.